The fourth-order valence-electron chi connectivity index (χ4n) is 1.76. The molecule has 0 saturated carbocycles. The number of aromatic nitrogens is 1. The van der Waals surface area contributed by atoms with Crippen LogP contribution in [0.1, 0.15) is 5.69 Å². The monoisotopic (exact) mass is 251 g/mol. The van der Waals surface area contributed by atoms with Crippen LogP contribution in [0.3, 0.4) is 0 Å². The van der Waals surface area contributed by atoms with Crippen molar-refractivity contribution in [1.29, 1.82) is 0 Å². The van der Waals surface area contributed by atoms with Crippen LogP contribution in [-0.2, 0) is 11.2 Å². The van der Waals surface area contributed by atoms with Gasteiger partial charge in [0.15, 0.2) is 0 Å². The maximum atomic E-state index is 12.0. The van der Waals surface area contributed by atoms with Gasteiger partial charge in [0, 0.05) is 43.5 Å². The summed E-state index contributed by atoms with van der Waals surface area (Å²) in [6, 6.07) is 5.85. The molecule has 4 nitrogen and oxygen atoms in total. The van der Waals surface area contributed by atoms with Crippen molar-refractivity contribution in [3.05, 3.63) is 30.1 Å². The Morgan fingerprint density at radius 1 is 1.65 bits per heavy atom. The number of nitrogens with one attached hydrogen (secondary N) is 1. The van der Waals surface area contributed by atoms with Gasteiger partial charge in [-0.25, -0.2) is 0 Å². The first-order valence-electron chi connectivity index (χ1n) is 5.73. The van der Waals surface area contributed by atoms with Crippen LogP contribution in [0.2, 0.25) is 0 Å². The van der Waals surface area contributed by atoms with Gasteiger partial charge in [0.1, 0.15) is 0 Å². The third kappa shape index (κ3) is 3.44. The molecule has 0 bridgehead atoms. The van der Waals surface area contributed by atoms with Crippen molar-refractivity contribution in [2.75, 3.05) is 25.2 Å². The summed E-state index contributed by atoms with van der Waals surface area (Å²) in [5.74, 6) is 1.95. The van der Waals surface area contributed by atoms with Gasteiger partial charge in [-0.1, -0.05) is 6.07 Å². The summed E-state index contributed by atoms with van der Waals surface area (Å²) in [5.41, 5.74) is 1.03. The molecule has 0 aliphatic carbocycles. The zero-order chi connectivity index (χ0) is 12.1. The van der Waals surface area contributed by atoms with Crippen LogP contribution < -0.4 is 5.32 Å². The Hall–Kier alpha value is -1.07. The number of nitrogens with zero attached hydrogens (tertiary/aromatic N) is 2. The summed E-state index contributed by atoms with van der Waals surface area (Å²) in [6.45, 7) is 0.721. The summed E-state index contributed by atoms with van der Waals surface area (Å²) in [7, 11) is 1.86. The highest BCUT2D eigenvalue weighted by atomic mass is 32.2. The SMILES string of the molecule is CN(CCc1ccccn1)C(=O)C1CSCN1. The summed E-state index contributed by atoms with van der Waals surface area (Å²) in [6.07, 6.45) is 2.59. The van der Waals surface area contributed by atoms with E-state index >= 15 is 0 Å². The lowest BCUT2D eigenvalue weighted by molar-refractivity contribution is -0.131. The topological polar surface area (TPSA) is 45.2 Å². The second-order valence-electron chi connectivity index (χ2n) is 4.10. The van der Waals surface area contributed by atoms with Crippen molar-refractivity contribution < 1.29 is 4.79 Å². The molecule has 17 heavy (non-hydrogen) atoms. The van der Waals surface area contributed by atoms with E-state index in [-0.39, 0.29) is 11.9 Å². The van der Waals surface area contributed by atoms with E-state index in [4.69, 9.17) is 0 Å². The number of thioether (sulfide) groups is 1. The summed E-state index contributed by atoms with van der Waals surface area (Å²) in [4.78, 5) is 18.0. The highest BCUT2D eigenvalue weighted by Gasteiger charge is 2.25. The van der Waals surface area contributed by atoms with Gasteiger partial charge in [-0.05, 0) is 12.1 Å². The normalized spacial score (nSPS) is 19.2. The standard InChI is InChI=1S/C12H17N3OS/c1-15(12(16)11-8-17-9-14-11)7-5-10-4-2-3-6-13-10/h2-4,6,11,14H,5,7-9H2,1H3. The van der Waals surface area contributed by atoms with Gasteiger partial charge in [0.05, 0.1) is 6.04 Å². The zero-order valence-electron chi connectivity index (χ0n) is 9.93. The van der Waals surface area contributed by atoms with E-state index in [9.17, 15) is 4.79 Å². The molecule has 1 N–H and O–H groups in total. The molecular formula is C12H17N3OS. The molecule has 1 aromatic heterocycles. The lowest BCUT2D eigenvalue weighted by Gasteiger charge is -2.20. The number of rotatable bonds is 4. The van der Waals surface area contributed by atoms with E-state index < -0.39 is 0 Å². The van der Waals surface area contributed by atoms with Crippen LogP contribution >= 0.6 is 11.8 Å². The Kier molecular flexibility index (Phi) is 4.39. The van der Waals surface area contributed by atoms with Gasteiger partial charge in [-0.3, -0.25) is 15.1 Å². The van der Waals surface area contributed by atoms with E-state index in [0.29, 0.717) is 0 Å². The maximum absolute atomic E-state index is 12.0. The lowest BCUT2D eigenvalue weighted by Crippen LogP contribution is -2.43. The van der Waals surface area contributed by atoms with Crippen LogP contribution in [0, 0.1) is 0 Å². The summed E-state index contributed by atoms with van der Waals surface area (Å²) in [5, 5.41) is 3.19. The molecule has 0 aromatic carbocycles. The summed E-state index contributed by atoms with van der Waals surface area (Å²) < 4.78 is 0. The van der Waals surface area contributed by atoms with Crippen LogP contribution in [0.5, 0.6) is 0 Å². The van der Waals surface area contributed by atoms with Gasteiger partial charge in [-0.15, -0.1) is 11.8 Å². The number of carbonyl (C=O) groups excluding carboxylic acids is 1. The van der Waals surface area contributed by atoms with Crippen LogP contribution in [0.25, 0.3) is 0 Å². The molecular weight excluding hydrogens is 234 g/mol. The second kappa shape index (κ2) is 6.02. The maximum Gasteiger partial charge on any atom is 0.240 e. The molecule has 1 aromatic rings. The molecule has 1 aliphatic rings. The second-order valence-corrected chi connectivity index (χ2v) is 5.13. The molecule has 1 fully saturated rings. The minimum Gasteiger partial charge on any atom is -0.344 e. The highest BCUT2D eigenvalue weighted by molar-refractivity contribution is 7.99. The third-order valence-electron chi connectivity index (χ3n) is 2.82. The fraction of sp³-hybridized carbons (Fsp3) is 0.500. The van der Waals surface area contributed by atoms with Gasteiger partial charge >= 0.3 is 0 Å². The number of hydrogen-bond acceptors (Lipinski definition) is 4. The molecule has 0 radical (unpaired) electrons. The van der Waals surface area contributed by atoms with Crippen LogP contribution in [-0.4, -0.2) is 47.1 Å². The Balaban J connectivity index is 1.80. The van der Waals surface area contributed by atoms with Crippen molar-refractivity contribution in [1.82, 2.24) is 15.2 Å². The smallest absolute Gasteiger partial charge is 0.240 e. The number of carbonyl (C=O) groups is 1. The average Bonchev–Trinajstić information content (AvgIpc) is 2.90. The Morgan fingerprint density at radius 3 is 3.18 bits per heavy atom. The highest BCUT2D eigenvalue weighted by Crippen LogP contribution is 2.11. The van der Waals surface area contributed by atoms with Crippen molar-refractivity contribution in [3.8, 4) is 0 Å². The molecule has 5 heteroatoms. The number of hydrogen-bond donors (Lipinski definition) is 1. The first-order chi connectivity index (χ1) is 8.27. The minimum absolute atomic E-state index is 0.00580. The minimum atomic E-state index is -0.00580. The molecule has 1 amide bonds. The van der Waals surface area contributed by atoms with Gasteiger partial charge in [-0.2, -0.15) is 0 Å². The van der Waals surface area contributed by atoms with Gasteiger partial charge in [0.2, 0.25) is 5.91 Å². The quantitative estimate of drug-likeness (QED) is 0.857. The van der Waals surface area contributed by atoms with Crippen LogP contribution in [0.15, 0.2) is 24.4 Å². The largest absolute Gasteiger partial charge is 0.344 e. The van der Waals surface area contributed by atoms with Crippen molar-refractivity contribution in [3.63, 3.8) is 0 Å². The molecule has 1 atom stereocenters. The Morgan fingerprint density at radius 2 is 2.53 bits per heavy atom. The molecule has 2 rings (SSSR count). The van der Waals surface area contributed by atoms with Crippen LogP contribution in [0.4, 0.5) is 0 Å². The van der Waals surface area contributed by atoms with Crippen molar-refractivity contribution in [2.45, 2.75) is 12.5 Å². The Bertz CT molecular complexity index is 365. The predicted octanol–water partition coefficient (Wildman–Crippen LogP) is 0.745. The van der Waals surface area contributed by atoms with E-state index in [0.717, 1.165) is 30.3 Å². The van der Waals surface area contributed by atoms with Gasteiger partial charge < -0.3 is 4.90 Å². The summed E-state index contributed by atoms with van der Waals surface area (Å²) >= 11 is 1.77. The first-order valence-corrected chi connectivity index (χ1v) is 6.89. The number of likely N-dealkylation sites (N-methyl/N-ethyl adjacent to an activating group) is 1. The van der Waals surface area contributed by atoms with Crippen molar-refractivity contribution in [2.24, 2.45) is 0 Å². The fourth-order valence-corrected chi connectivity index (χ4v) is 2.69. The molecule has 1 aliphatic heterocycles. The first kappa shape index (κ1) is 12.4. The zero-order valence-corrected chi connectivity index (χ0v) is 10.7. The lowest BCUT2D eigenvalue weighted by atomic mass is 10.2. The van der Waals surface area contributed by atoms with E-state index in [1.807, 2.05) is 25.2 Å². The van der Waals surface area contributed by atoms with E-state index in [2.05, 4.69) is 10.3 Å². The molecule has 2 heterocycles. The van der Waals surface area contributed by atoms with E-state index in [1.165, 1.54) is 0 Å². The molecule has 0 spiro atoms. The predicted molar refractivity (Wildman–Crippen MR) is 69.8 cm³/mol. The molecule has 1 saturated heterocycles. The molecule has 92 valence electrons. The van der Waals surface area contributed by atoms with E-state index in [1.54, 1.807) is 22.9 Å². The van der Waals surface area contributed by atoms with Gasteiger partial charge in [0.25, 0.3) is 0 Å². The number of pyridine rings is 1. The van der Waals surface area contributed by atoms with Crippen molar-refractivity contribution >= 4 is 17.7 Å². The molecule has 1 unspecified atom stereocenters. The average molecular weight is 251 g/mol. The number of amides is 1. The Labute approximate surface area is 106 Å². The third-order valence-corrected chi connectivity index (χ3v) is 3.76.